The summed E-state index contributed by atoms with van der Waals surface area (Å²) >= 11 is 0. The highest BCUT2D eigenvalue weighted by molar-refractivity contribution is 5.35. The standard InChI is InChI=1S/C30H50O/c1-8-28(5)26-15-12-22-24-14-13-23(21(4)11-9-10-20(2)3)29(24,6)18-16-25(22)30(26,7)19-17-27(28)31/h10,21,23-24,26-27,31H,8-9,11-19H2,1-7H3/t21-,23-,24+,26?,27?,28-,29-,30-/m1/s1. The topological polar surface area (TPSA) is 20.2 Å². The van der Waals surface area contributed by atoms with Gasteiger partial charge in [-0.3, -0.25) is 0 Å². The molecule has 0 aromatic carbocycles. The lowest BCUT2D eigenvalue weighted by Crippen LogP contribution is -2.54. The van der Waals surface area contributed by atoms with Gasteiger partial charge < -0.3 is 5.11 Å². The molecule has 4 aliphatic rings. The molecule has 0 bridgehead atoms. The van der Waals surface area contributed by atoms with Gasteiger partial charge in [-0.1, -0.05) is 57.4 Å². The van der Waals surface area contributed by atoms with Crippen molar-refractivity contribution < 1.29 is 5.11 Å². The second kappa shape index (κ2) is 8.34. The van der Waals surface area contributed by atoms with Gasteiger partial charge in [0, 0.05) is 0 Å². The van der Waals surface area contributed by atoms with Crippen molar-refractivity contribution in [2.45, 2.75) is 125 Å². The number of hydrogen-bond acceptors (Lipinski definition) is 1. The molecular formula is C30H50O. The molecule has 176 valence electrons. The van der Waals surface area contributed by atoms with Crippen molar-refractivity contribution in [3.63, 3.8) is 0 Å². The van der Waals surface area contributed by atoms with Gasteiger partial charge in [0.2, 0.25) is 0 Å². The first-order valence-corrected chi connectivity index (χ1v) is 13.6. The van der Waals surface area contributed by atoms with Crippen LogP contribution >= 0.6 is 0 Å². The van der Waals surface area contributed by atoms with Crippen molar-refractivity contribution in [1.29, 1.82) is 0 Å². The number of allylic oxidation sites excluding steroid dienone is 4. The third kappa shape index (κ3) is 3.60. The molecule has 0 radical (unpaired) electrons. The Morgan fingerprint density at radius 3 is 2.48 bits per heavy atom. The van der Waals surface area contributed by atoms with E-state index < -0.39 is 0 Å². The summed E-state index contributed by atoms with van der Waals surface area (Å²) in [5.74, 6) is 3.24. The summed E-state index contributed by atoms with van der Waals surface area (Å²) in [6.45, 7) is 17.0. The molecule has 2 saturated carbocycles. The van der Waals surface area contributed by atoms with Crippen LogP contribution in [-0.2, 0) is 0 Å². The summed E-state index contributed by atoms with van der Waals surface area (Å²) in [7, 11) is 0. The van der Waals surface area contributed by atoms with Crippen molar-refractivity contribution in [1.82, 2.24) is 0 Å². The van der Waals surface area contributed by atoms with Gasteiger partial charge >= 0.3 is 0 Å². The van der Waals surface area contributed by atoms with E-state index in [1.54, 1.807) is 0 Å². The highest BCUT2D eigenvalue weighted by atomic mass is 16.3. The van der Waals surface area contributed by atoms with Crippen LogP contribution in [0.25, 0.3) is 0 Å². The Bertz CT molecular complexity index is 742. The van der Waals surface area contributed by atoms with E-state index in [2.05, 4.69) is 54.5 Å². The summed E-state index contributed by atoms with van der Waals surface area (Å²) in [5.41, 5.74) is 6.21. The van der Waals surface area contributed by atoms with E-state index in [1.807, 2.05) is 11.1 Å². The van der Waals surface area contributed by atoms with Crippen LogP contribution in [0.15, 0.2) is 22.8 Å². The molecule has 0 saturated heterocycles. The zero-order chi connectivity index (χ0) is 22.6. The van der Waals surface area contributed by atoms with Crippen LogP contribution in [0.4, 0.5) is 0 Å². The second-order valence-electron chi connectivity index (χ2n) is 13.0. The van der Waals surface area contributed by atoms with Crippen molar-refractivity contribution in [3.05, 3.63) is 22.8 Å². The predicted octanol–water partition coefficient (Wildman–Crippen LogP) is 8.48. The van der Waals surface area contributed by atoms with Crippen molar-refractivity contribution in [2.75, 3.05) is 0 Å². The molecule has 0 heterocycles. The van der Waals surface area contributed by atoms with Crippen LogP contribution in [0.1, 0.15) is 119 Å². The van der Waals surface area contributed by atoms with Gasteiger partial charge in [-0.05, 0) is 124 Å². The van der Waals surface area contributed by atoms with Gasteiger partial charge in [-0.15, -0.1) is 0 Å². The zero-order valence-corrected chi connectivity index (χ0v) is 21.7. The number of hydrogen-bond donors (Lipinski definition) is 1. The molecule has 1 heteroatoms. The lowest BCUT2D eigenvalue weighted by Gasteiger charge is -2.60. The van der Waals surface area contributed by atoms with Crippen molar-refractivity contribution in [2.24, 2.45) is 39.9 Å². The van der Waals surface area contributed by atoms with Gasteiger partial charge in [0.1, 0.15) is 0 Å². The first-order valence-electron chi connectivity index (χ1n) is 13.6. The fourth-order valence-corrected chi connectivity index (χ4v) is 9.40. The van der Waals surface area contributed by atoms with E-state index in [-0.39, 0.29) is 11.5 Å². The summed E-state index contributed by atoms with van der Waals surface area (Å²) in [6.07, 6.45) is 16.5. The molecular weight excluding hydrogens is 376 g/mol. The minimum Gasteiger partial charge on any atom is -0.393 e. The van der Waals surface area contributed by atoms with Crippen LogP contribution in [0.3, 0.4) is 0 Å². The first kappa shape index (κ1) is 23.6. The predicted molar refractivity (Wildman–Crippen MR) is 133 cm³/mol. The first-order chi connectivity index (χ1) is 14.6. The van der Waals surface area contributed by atoms with Gasteiger partial charge in [0.25, 0.3) is 0 Å². The van der Waals surface area contributed by atoms with Gasteiger partial charge in [-0.25, -0.2) is 0 Å². The Kier molecular flexibility index (Phi) is 6.35. The van der Waals surface area contributed by atoms with Crippen molar-refractivity contribution in [3.8, 4) is 0 Å². The van der Waals surface area contributed by atoms with E-state index in [4.69, 9.17) is 0 Å². The largest absolute Gasteiger partial charge is 0.393 e. The summed E-state index contributed by atoms with van der Waals surface area (Å²) in [4.78, 5) is 0. The van der Waals surface area contributed by atoms with Gasteiger partial charge in [0.15, 0.2) is 0 Å². The van der Waals surface area contributed by atoms with E-state index >= 15 is 0 Å². The molecule has 31 heavy (non-hydrogen) atoms. The van der Waals surface area contributed by atoms with Gasteiger partial charge in [-0.2, -0.15) is 0 Å². The van der Waals surface area contributed by atoms with Crippen molar-refractivity contribution >= 4 is 0 Å². The maximum absolute atomic E-state index is 10.9. The van der Waals surface area contributed by atoms with Crippen LogP contribution in [-0.4, -0.2) is 11.2 Å². The maximum Gasteiger partial charge on any atom is 0.0597 e. The fourth-order valence-electron chi connectivity index (χ4n) is 9.40. The minimum absolute atomic E-state index is 0.101. The third-order valence-corrected chi connectivity index (χ3v) is 11.4. The van der Waals surface area contributed by atoms with E-state index in [1.165, 1.54) is 63.4 Å². The SMILES string of the molecule is CC[C@@]1(C)C(O)CC[C@]2(C)C3=C(CCC12)[C@@H]1CC[C@H]([C@H](C)CCC=C(C)C)[C@@]1(C)CC3. The highest BCUT2D eigenvalue weighted by Crippen LogP contribution is 2.68. The van der Waals surface area contributed by atoms with Crippen LogP contribution in [0, 0.1) is 39.9 Å². The monoisotopic (exact) mass is 426 g/mol. The normalized spacial score (nSPS) is 45.5. The molecule has 8 atom stereocenters. The summed E-state index contributed by atoms with van der Waals surface area (Å²) in [6, 6.07) is 0. The molecule has 0 aliphatic heterocycles. The van der Waals surface area contributed by atoms with Crippen LogP contribution < -0.4 is 0 Å². The number of fused-ring (bicyclic) bond motifs is 4. The molecule has 4 aliphatic carbocycles. The van der Waals surface area contributed by atoms with Gasteiger partial charge in [0.05, 0.1) is 6.10 Å². The highest BCUT2D eigenvalue weighted by Gasteiger charge is 2.59. The maximum atomic E-state index is 10.9. The molecule has 4 rings (SSSR count). The number of aliphatic hydroxyl groups excluding tert-OH is 1. The molecule has 0 aromatic heterocycles. The molecule has 0 aromatic rings. The molecule has 2 fully saturated rings. The molecule has 0 spiro atoms. The van der Waals surface area contributed by atoms with E-state index in [0.29, 0.717) is 16.7 Å². The minimum atomic E-state index is -0.107. The Morgan fingerprint density at radius 2 is 1.81 bits per heavy atom. The summed E-state index contributed by atoms with van der Waals surface area (Å²) < 4.78 is 0. The second-order valence-corrected chi connectivity index (χ2v) is 13.0. The third-order valence-electron chi connectivity index (χ3n) is 11.4. The Morgan fingerprint density at radius 1 is 1.06 bits per heavy atom. The van der Waals surface area contributed by atoms with E-state index in [9.17, 15) is 5.11 Å². The molecule has 1 nitrogen and oxygen atoms in total. The lowest BCUT2D eigenvalue weighted by atomic mass is 9.45. The molecule has 0 amide bonds. The Balaban J connectivity index is 1.60. The zero-order valence-electron chi connectivity index (χ0n) is 21.7. The average molecular weight is 427 g/mol. The Labute approximate surface area is 193 Å². The fraction of sp³-hybridized carbons (Fsp3) is 0.867. The quantitative estimate of drug-likeness (QED) is 0.437. The number of aliphatic hydroxyl groups is 1. The molecule has 2 unspecified atom stereocenters. The number of rotatable bonds is 5. The van der Waals surface area contributed by atoms with Crippen LogP contribution in [0.5, 0.6) is 0 Å². The smallest absolute Gasteiger partial charge is 0.0597 e. The Hall–Kier alpha value is -0.560. The average Bonchev–Trinajstić information content (AvgIpc) is 3.08. The van der Waals surface area contributed by atoms with Crippen LogP contribution in [0.2, 0.25) is 0 Å². The lowest BCUT2D eigenvalue weighted by molar-refractivity contribution is -0.105. The van der Waals surface area contributed by atoms with E-state index in [0.717, 1.165) is 30.6 Å². The summed E-state index contributed by atoms with van der Waals surface area (Å²) in [5, 5.41) is 10.9. The molecule has 1 N–H and O–H groups in total.